The van der Waals surface area contributed by atoms with Gasteiger partial charge in [-0.25, -0.2) is 13.2 Å². The summed E-state index contributed by atoms with van der Waals surface area (Å²) in [5, 5.41) is 0. The van der Waals surface area contributed by atoms with Crippen molar-refractivity contribution in [1.29, 1.82) is 0 Å². The van der Waals surface area contributed by atoms with Crippen LogP contribution < -0.4 is 0 Å². The molecule has 0 bridgehead atoms. The third-order valence-corrected chi connectivity index (χ3v) is 4.14. The zero-order valence-electron chi connectivity index (χ0n) is 8.93. The SMILES string of the molecule is Fc1ccc(C(Br)c2ccc(Br)c(F)c2)c(F)c1. The Kier molecular flexibility index (Phi) is 4.12. The topological polar surface area (TPSA) is 0 Å². The quantitative estimate of drug-likeness (QED) is 0.617. The fraction of sp³-hybridized carbons (Fsp3) is 0.0769. The van der Waals surface area contributed by atoms with Gasteiger partial charge in [-0.2, -0.15) is 0 Å². The van der Waals surface area contributed by atoms with Gasteiger partial charge in [0.05, 0.1) is 9.30 Å². The number of benzene rings is 2. The van der Waals surface area contributed by atoms with E-state index in [1.165, 1.54) is 18.2 Å². The second-order valence-corrected chi connectivity index (χ2v) is 5.47. The summed E-state index contributed by atoms with van der Waals surface area (Å²) < 4.78 is 40.1. The average Bonchev–Trinajstić information content (AvgIpc) is 2.32. The molecular formula is C13H7Br2F3. The van der Waals surface area contributed by atoms with Crippen molar-refractivity contribution in [1.82, 2.24) is 0 Å². The molecule has 0 radical (unpaired) electrons. The van der Waals surface area contributed by atoms with Crippen molar-refractivity contribution in [2.75, 3.05) is 0 Å². The van der Waals surface area contributed by atoms with E-state index in [9.17, 15) is 13.2 Å². The molecule has 0 saturated carbocycles. The molecule has 2 rings (SSSR count). The van der Waals surface area contributed by atoms with Crippen LogP contribution in [0.5, 0.6) is 0 Å². The summed E-state index contributed by atoms with van der Waals surface area (Å²) in [5.74, 6) is -1.74. The summed E-state index contributed by atoms with van der Waals surface area (Å²) in [6.07, 6.45) is 0. The number of rotatable bonds is 2. The van der Waals surface area contributed by atoms with Crippen molar-refractivity contribution >= 4 is 31.9 Å². The van der Waals surface area contributed by atoms with E-state index in [0.717, 1.165) is 6.07 Å². The van der Waals surface area contributed by atoms with Crippen LogP contribution in [0, 0.1) is 17.5 Å². The Bertz CT molecular complexity index is 584. The maximum atomic E-state index is 13.6. The molecule has 0 aliphatic carbocycles. The minimum Gasteiger partial charge on any atom is -0.207 e. The van der Waals surface area contributed by atoms with E-state index >= 15 is 0 Å². The molecule has 2 aromatic rings. The smallest absolute Gasteiger partial charge is 0.137 e. The van der Waals surface area contributed by atoms with Gasteiger partial charge < -0.3 is 0 Å². The largest absolute Gasteiger partial charge is 0.207 e. The van der Waals surface area contributed by atoms with Gasteiger partial charge in [0.15, 0.2) is 0 Å². The van der Waals surface area contributed by atoms with Crippen molar-refractivity contribution in [3.8, 4) is 0 Å². The van der Waals surface area contributed by atoms with Crippen LogP contribution in [0.15, 0.2) is 40.9 Å². The Balaban J connectivity index is 2.41. The molecule has 0 N–H and O–H groups in total. The molecule has 18 heavy (non-hydrogen) atoms. The van der Waals surface area contributed by atoms with Crippen molar-refractivity contribution < 1.29 is 13.2 Å². The van der Waals surface area contributed by atoms with Gasteiger partial charge in [0.1, 0.15) is 17.5 Å². The van der Waals surface area contributed by atoms with Gasteiger partial charge >= 0.3 is 0 Å². The van der Waals surface area contributed by atoms with Crippen molar-refractivity contribution in [3.05, 3.63) is 69.4 Å². The van der Waals surface area contributed by atoms with Gasteiger partial charge in [0.2, 0.25) is 0 Å². The Labute approximate surface area is 119 Å². The first kappa shape index (κ1) is 13.6. The van der Waals surface area contributed by atoms with E-state index < -0.39 is 22.3 Å². The maximum absolute atomic E-state index is 13.6. The predicted molar refractivity (Wildman–Crippen MR) is 71.2 cm³/mol. The summed E-state index contributed by atoms with van der Waals surface area (Å²) in [4.78, 5) is -0.527. The Hall–Kier alpha value is -0.810. The van der Waals surface area contributed by atoms with Crippen molar-refractivity contribution in [2.24, 2.45) is 0 Å². The van der Waals surface area contributed by atoms with Crippen LogP contribution >= 0.6 is 31.9 Å². The van der Waals surface area contributed by atoms with E-state index in [0.29, 0.717) is 10.0 Å². The summed E-state index contributed by atoms with van der Waals surface area (Å²) in [6, 6.07) is 7.81. The predicted octanol–water partition coefficient (Wildman–Crippen LogP) is 5.35. The molecule has 0 amide bonds. The summed E-state index contributed by atoms with van der Waals surface area (Å²) in [6.45, 7) is 0. The highest BCUT2D eigenvalue weighted by molar-refractivity contribution is 9.10. The normalized spacial score (nSPS) is 12.5. The second-order valence-electron chi connectivity index (χ2n) is 3.70. The first-order valence-corrected chi connectivity index (χ1v) is 6.74. The summed E-state index contributed by atoms with van der Waals surface area (Å²) >= 11 is 6.33. The van der Waals surface area contributed by atoms with Gasteiger partial charge in [0, 0.05) is 11.6 Å². The molecule has 1 atom stereocenters. The Morgan fingerprint density at radius 3 is 2.22 bits per heavy atom. The van der Waals surface area contributed by atoms with Gasteiger partial charge in [-0.1, -0.05) is 28.1 Å². The molecule has 5 heteroatoms. The first-order valence-electron chi connectivity index (χ1n) is 5.03. The van der Waals surface area contributed by atoms with Crippen LogP contribution in [0.25, 0.3) is 0 Å². The van der Waals surface area contributed by atoms with Gasteiger partial charge in [-0.05, 0) is 39.7 Å². The lowest BCUT2D eigenvalue weighted by Crippen LogP contribution is -1.98. The molecule has 2 aromatic carbocycles. The number of halogens is 5. The van der Waals surface area contributed by atoms with Crippen molar-refractivity contribution in [2.45, 2.75) is 4.83 Å². The third-order valence-electron chi connectivity index (χ3n) is 2.47. The van der Waals surface area contributed by atoms with Gasteiger partial charge in [0.25, 0.3) is 0 Å². The standard InChI is InChI=1S/C13H7Br2F3/c14-10-4-1-7(5-12(10)18)13(15)9-3-2-8(16)6-11(9)17/h1-6,13H. The highest BCUT2D eigenvalue weighted by Gasteiger charge is 2.16. The molecule has 0 aliphatic rings. The number of hydrogen-bond donors (Lipinski definition) is 0. The highest BCUT2D eigenvalue weighted by atomic mass is 79.9. The molecule has 1 unspecified atom stereocenters. The first-order chi connectivity index (χ1) is 8.49. The van der Waals surface area contributed by atoms with E-state index in [1.54, 1.807) is 12.1 Å². The number of hydrogen-bond acceptors (Lipinski definition) is 0. The second kappa shape index (κ2) is 5.45. The van der Waals surface area contributed by atoms with Gasteiger partial charge in [-0.15, -0.1) is 0 Å². The van der Waals surface area contributed by atoms with Crippen LogP contribution in [0.4, 0.5) is 13.2 Å². The minimum absolute atomic E-state index is 0.262. The van der Waals surface area contributed by atoms with Crippen LogP contribution in [0.1, 0.15) is 16.0 Å². The van der Waals surface area contributed by atoms with Crippen LogP contribution in [-0.4, -0.2) is 0 Å². The van der Waals surface area contributed by atoms with Crippen LogP contribution in [-0.2, 0) is 0 Å². The highest BCUT2D eigenvalue weighted by Crippen LogP contribution is 2.34. The van der Waals surface area contributed by atoms with Crippen LogP contribution in [0.3, 0.4) is 0 Å². The number of alkyl halides is 1. The Morgan fingerprint density at radius 1 is 0.889 bits per heavy atom. The molecule has 0 aromatic heterocycles. The van der Waals surface area contributed by atoms with E-state index in [1.807, 2.05) is 0 Å². The lowest BCUT2D eigenvalue weighted by Gasteiger charge is -2.12. The monoisotopic (exact) mass is 378 g/mol. The summed E-state index contributed by atoms with van der Waals surface area (Å²) in [5.41, 5.74) is 0.819. The lowest BCUT2D eigenvalue weighted by atomic mass is 10.0. The van der Waals surface area contributed by atoms with E-state index in [-0.39, 0.29) is 5.56 Å². The minimum atomic E-state index is -0.666. The summed E-state index contributed by atoms with van der Waals surface area (Å²) in [7, 11) is 0. The molecular weight excluding hydrogens is 373 g/mol. The van der Waals surface area contributed by atoms with Crippen molar-refractivity contribution in [3.63, 3.8) is 0 Å². The lowest BCUT2D eigenvalue weighted by molar-refractivity contribution is 0.574. The zero-order chi connectivity index (χ0) is 13.3. The van der Waals surface area contributed by atoms with Gasteiger partial charge in [-0.3, -0.25) is 0 Å². The molecule has 0 spiro atoms. The van der Waals surface area contributed by atoms with Crippen LogP contribution in [0.2, 0.25) is 0 Å². The molecule has 0 aliphatic heterocycles. The molecule has 94 valence electrons. The third kappa shape index (κ3) is 2.78. The Morgan fingerprint density at radius 2 is 1.61 bits per heavy atom. The molecule has 0 heterocycles. The average molecular weight is 380 g/mol. The van der Waals surface area contributed by atoms with E-state index in [4.69, 9.17) is 0 Å². The fourth-order valence-electron chi connectivity index (χ4n) is 1.56. The van der Waals surface area contributed by atoms with E-state index in [2.05, 4.69) is 31.9 Å². The molecule has 0 nitrogen and oxygen atoms in total. The zero-order valence-corrected chi connectivity index (χ0v) is 12.1. The fourth-order valence-corrected chi connectivity index (χ4v) is 2.46. The molecule has 0 saturated heterocycles. The molecule has 0 fully saturated rings. The maximum Gasteiger partial charge on any atom is 0.137 e.